The maximum Gasteiger partial charge on any atom is 0.124 e. The summed E-state index contributed by atoms with van der Waals surface area (Å²) in [6.45, 7) is 4.76. The van der Waals surface area contributed by atoms with Gasteiger partial charge in [0.25, 0.3) is 0 Å². The Hall–Kier alpha value is -1.37. The minimum absolute atomic E-state index is 0.210. The highest BCUT2D eigenvalue weighted by molar-refractivity contribution is 5.37. The molecule has 0 aliphatic heterocycles. The van der Waals surface area contributed by atoms with Gasteiger partial charge in [0, 0.05) is 18.2 Å². The molecule has 98 valence electrons. The average molecular weight is 249 g/mol. The van der Waals surface area contributed by atoms with Crippen LogP contribution in [0.4, 0.5) is 4.39 Å². The maximum atomic E-state index is 13.4. The summed E-state index contributed by atoms with van der Waals surface area (Å²) in [6, 6.07) is 5.24. The smallest absolute Gasteiger partial charge is 0.124 e. The number of aliphatic hydroxyl groups excluding tert-OH is 1. The molecule has 0 saturated carbocycles. The fourth-order valence-electron chi connectivity index (χ4n) is 1.71. The lowest BCUT2D eigenvalue weighted by molar-refractivity contribution is 0.243. The maximum absolute atomic E-state index is 13.4. The van der Waals surface area contributed by atoms with E-state index >= 15 is 0 Å². The monoisotopic (exact) mass is 249 g/mol. The van der Waals surface area contributed by atoms with Gasteiger partial charge in [-0.25, -0.2) is 4.39 Å². The average Bonchev–Trinajstić information content (AvgIpc) is 2.34. The van der Waals surface area contributed by atoms with Crippen LogP contribution in [0.15, 0.2) is 18.2 Å². The molecule has 0 radical (unpaired) electrons. The summed E-state index contributed by atoms with van der Waals surface area (Å²) in [7, 11) is 2.03. The van der Waals surface area contributed by atoms with Crippen molar-refractivity contribution in [3.8, 4) is 11.8 Å². The van der Waals surface area contributed by atoms with Gasteiger partial charge in [-0.2, -0.15) is 0 Å². The molecule has 1 N–H and O–H groups in total. The van der Waals surface area contributed by atoms with E-state index in [0.29, 0.717) is 18.2 Å². The summed E-state index contributed by atoms with van der Waals surface area (Å²) < 4.78 is 13.4. The lowest BCUT2D eigenvalue weighted by Crippen LogP contribution is -2.27. The van der Waals surface area contributed by atoms with Crippen molar-refractivity contribution in [1.29, 1.82) is 0 Å². The van der Waals surface area contributed by atoms with Gasteiger partial charge in [0.1, 0.15) is 12.4 Å². The van der Waals surface area contributed by atoms with Crippen LogP contribution in [0, 0.1) is 17.7 Å². The molecule has 1 aromatic rings. The van der Waals surface area contributed by atoms with Crippen LogP contribution in [0.1, 0.15) is 31.4 Å². The summed E-state index contributed by atoms with van der Waals surface area (Å²) in [5, 5.41) is 8.64. The molecule has 1 aromatic carbocycles. The van der Waals surface area contributed by atoms with E-state index in [9.17, 15) is 4.39 Å². The number of nitrogens with zero attached hydrogens (tertiary/aromatic N) is 1. The molecule has 0 amide bonds. The molecule has 0 aliphatic carbocycles. The molecule has 18 heavy (non-hydrogen) atoms. The standard InChI is InChI=1S/C15H20FNO/c1-4-12(2)17(3)11-14-8-13(6-5-7-18)9-15(16)10-14/h8-10,12,18H,4,7,11H2,1-3H3. The Morgan fingerprint density at radius 2 is 2.11 bits per heavy atom. The van der Waals surface area contributed by atoms with Crippen LogP contribution in [0.25, 0.3) is 0 Å². The molecule has 0 heterocycles. The Morgan fingerprint density at radius 1 is 1.39 bits per heavy atom. The van der Waals surface area contributed by atoms with Crippen molar-refractivity contribution in [3.05, 3.63) is 35.1 Å². The van der Waals surface area contributed by atoms with Gasteiger partial charge < -0.3 is 5.11 Å². The van der Waals surface area contributed by atoms with Gasteiger partial charge in [-0.1, -0.05) is 18.8 Å². The third kappa shape index (κ3) is 4.48. The van der Waals surface area contributed by atoms with E-state index in [1.165, 1.54) is 12.1 Å². The second-order valence-corrected chi connectivity index (χ2v) is 4.48. The first-order valence-electron chi connectivity index (χ1n) is 6.16. The number of halogens is 1. The highest BCUT2D eigenvalue weighted by atomic mass is 19.1. The summed E-state index contributed by atoms with van der Waals surface area (Å²) in [5.74, 6) is 4.98. The normalized spacial score (nSPS) is 12.1. The zero-order chi connectivity index (χ0) is 13.5. The van der Waals surface area contributed by atoms with Crippen LogP contribution in [0.3, 0.4) is 0 Å². The number of hydrogen-bond donors (Lipinski definition) is 1. The van der Waals surface area contributed by atoms with Crippen LogP contribution in [0.2, 0.25) is 0 Å². The summed E-state index contributed by atoms with van der Waals surface area (Å²) >= 11 is 0. The van der Waals surface area contributed by atoms with Gasteiger partial charge in [-0.3, -0.25) is 4.90 Å². The minimum atomic E-state index is -0.285. The molecule has 0 bridgehead atoms. The molecule has 0 saturated heterocycles. The Labute approximate surface area is 108 Å². The Balaban J connectivity index is 2.86. The third-order valence-electron chi connectivity index (χ3n) is 3.04. The number of aliphatic hydroxyl groups is 1. The fraction of sp³-hybridized carbons (Fsp3) is 0.467. The lowest BCUT2D eigenvalue weighted by atomic mass is 10.1. The van der Waals surface area contributed by atoms with E-state index in [4.69, 9.17) is 5.11 Å². The van der Waals surface area contributed by atoms with Crippen molar-refractivity contribution >= 4 is 0 Å². The topological polar surface area (TPSA) is 23.5 Å². The van der Waals surface area contributed by atoms with Gasteiger partial charge in [0.2, 0.25) is 0 Å². The highest BCUT2D eigenvalue weighted by Crippen LogP contribution is 2.12. The predicted molar refractivity (Wildman–Crippen MR) is 71.6 cm³/mol. The number of hydrogen-bond acceptors (Lipinski definition) is 2. The van der Waals surface area contributed by atoms with Crippen molar-refractivity contribution < 1.29 is 9.50 Å². The summed E-state index contributed by atoms with van der Waals surface area (Å²) in [5.41, 5.74) is 1.51. The largest absolute Gasteiger partial charge is 0.384 e. The fourth-order valence-corrected chi connectivity index (χ4v) is 1.71. The molecule has 1 atom stereocenters. The van der Waals surface area contributed by atoms with Crippen LogP contribution >= 0.6 is 0 Å². The van der Waals surface area contributed by atoms with E-state index in [1.54, 1.807) is 0 Å². The minimum Gasteiger partial charge on any atom is -0.384 e. The van der Waals surface area contributed by atoms with Gasteiger partial charge in [0.05, 0.1) is 0 Å². The van der Waals surface area contributed by atoms with Crippen LogP contribution in [-0.2, 0) is 6.54 Å². The van der Waals surface area contributed by atoms with Crippen LogP contribution < -0.4 is 0 Å². The van der Waals surface area contributed by atoms with Crippen molar-refractivity contribution in [2.75, 3.05) is 13.7 Å². The zero-order valence-corrected chi connectivity index (χ0v) is 11.2. The number of rotatable bonds is 4. The van der Waals surface area contributed by atoms with E-state index in [2.05, 4.69) is 30.6 Å². The second-order valence-electron chi connectivity index (χ2n) is 4.48. The van der Waals surface area contributed by atoms with E-state index in [-0.39, 0.29) is 12.4 Å². The Bertz CT molecular complexity index is 448. The molecular formula is C15H20FNO. The van der Waals surface area contributed by atoms with Gasteiger partial charge in [0.15, 0.2) is 0 Å². The molecule has 1 unspecified atom stereocenters. The molecular weight excluding hydrogens is 229 g/mol. The molecule has 1 rings (SSSR count). The molecule has 3 heteroatoms. The quantitative estimate of drug-likeness (QED) is 0.828. The first-order valence-corrected chi connectivity index (χ1v) is 6.16. The van der Waals surface area contributed by atoms with E-state index in [1.807, 2.05) is 13.1 Å². The second kappa shape index (κ2) is 7.15. The molecule has 0 aliphatic rings. The van der Waals surface area contributed by atoms with Crippen molar-refractivity contribution in [2.24, 2.45) is 0 Å². The van der Waals surface area contributed by atoms with Gasteiger partial charge in [-0.05, 0) is 44.2 Å². The summed E-state index contributed by atoms with van der Waals surface area (Å²) in [6.07, 6.45) is 1.06. The van der Waals surface area contributed by atoms with Crippen LogP contribution in [0.5, 0.6) is 0 Å². The number of benzene rings is 1. The van der Waals surface area contributed by atoms with E-state index in [0.717, 1.165) is 12.0 Å². The Kier molecular flexibility index (Phi) is 5.84. The molecule has 0 fully saturated rings. The molecule has 2 nitrogen and oxygen atoms in total. The molecule has 0 spiro atoms. The lowest BCUT2D eigenvalue weighted by Gasteiger charge is -2.23. The van der Waals surface area contributed by atoms with Gasteiger partial charge in [-0.15, -0.1) is 0 Å². The van der Waals surface area contributed by atoms with Gasteiger partial charge >= 0.3 is 0 Å². The third-order valence-corrected chi connectivity index (χ3v) is 3.04. The van der Waals surface area contributed by atoms with Crippen molar-refractivity contribution in [1.82, 2.24) is 4.90 Å². The van der Waals surface area contributed by atoms with Crippen LogP contribution in [-0.4, -0.2) is 29.7 Å². The molecule has 0 aromatic heterocycles. The summed E-state index contributed by atoms with van der Waals surface area (Å²) in [4.78, 5) is 2.18. The zero-order valence-electron chi connectivity index (χ0n) is 11.2. The highest BCUT2D eigenvalue weighted by Gasteiger charge is 2.08. The first-order chi connectivity index (χ1) is 8.56. The van der Waals surface area contributed by atoms with Crippen molar-refractivity contribution in [2.45, 2.75) is 32.9 Å². The van der Waals surface area contributed by atoms with E-state index < -0.39 is 0 Å². The predicted octanol–water partition coefficient (Wildman–Crippen LogP) is 2.40. The first kappa shape index (κ1) is 14.7. The van der Waals surface area contributed by atoms with Crippen molar-refractivity contribution in [3.63, 3.8) is 0 Å². The Morgan fingerprint density at radius 3 is 2.72 bits per heavy atom. The SMILES string of the molecule is CCC(C)N(C)Cc1cc(F)cc(C#CCO)c1.